The largest absolute Gasteiger partial charge is 0.388 e. The Bertz CT molecular complexity index is 394. The van der Waals surface area contributed by atoms with E-state index < -0.39 is 15.9 Å². The van der Waals surface area contributed by atoms with Crippen LogP contribution in [0.25, 0.3) is 0 Å². The number of aliphatic hydroxyl groups is 1. The van der Waals surface area contributed by atoms with E-state index in [-0.39, 0.29) is 17.4 Å². The predicted molar refractivity (Wildman–Crippen MR) is 56.0 cm³/mol. The topological polar surface area (TPSA) is 54.4 Å². The molecule has 2 unspecified atom stereocenters. The van der Waals surface area contributed by atoms with Gasteiger partial charge in [-0.3, -0.25) is 0 Å². The average Bonchev–Trinajstić information content (AvgIpc) is 2.72. The molecule has 5 heteroatoms. The van der Waals surface area contributed by atoms with Crippen LogP contribution in [0.3, 0.4) is 0 Å². The summed E-state index contributed by atoms with van der Waals surface area (Å²) in [6, 6.07) is 1.85. The van der Waals surface area contributed by atoms with Crippen molar-refractivity contribution in [2.45, 2.75) is 12.5 Å². The van der Waals surface area contributed by atoms with Gasteiger partial charge in [0.2, 0.25) is 0 Å². The van der Waals surface area contributed by atoms with Gasteiger partial charge in [0.1, 0.15) is 0 Å². The van der Waals surface area contributed by atoms with Crippen LogP contribution in [0.5, 0.6) is 0 Å². The summed E-state index contributed by atoms with van der Waals surface area (Å²) >= 11 is 1.52. The number of sulfone groups is 1. The molecular weight excluding hydrogens is 220 g/mol. The summed E-state index contributed by atoms with van der Waals surface area (Å²) in [5.41, 5.74) is 0.845. The second-order valence-corrected chi connectivity index (χ2v) is 6.67. The quantitative estimate of drug-likeness (QED) is 0.834. The molecule has 1 saturated heterocycles. The summed E-state index contributed by atoms with van der Waals surface area (Å²) < 4.78 is 22.4. The van der Waals surface area contributed by atoms with E-state index in [9.17, 15) is 13.5 Å². The molecule has 0 radical (unpaired) electrons. The molecule has 14 heavy (non-hydrogen) atoms. The zero-order chi connectivity index (χ0) is 10.2. The maximum atomic E-state index is 11.2. The highest BCUT2D eigenvalue weighted by molar-refractivity contribution is 7.91. The zero-order valence-electron chi connectivity index (χ0n) is 7.59. The third-order valence-electron chi connectivity index (χ3n) is 2.60. The number of hydrogen-bond donors (Lipinski definition) is 1. The van der Waals surface area contributed by atoms with Crippen molar-refractivity contribution in [3.8, 4) is 0 Å². The lowest BCUT2D eigenvalue weighted by molar-refractivity contribution is 0.121. The Morgan fingerprint density at radius 3 is 2.86 bits per heavy atom. The minimum absolute atomic E-state index is 0.116. The minimum Gasteiger partial charge on any atom is -0.388 e. The second-order valence-electron chi connectivity index (χ2n) is 3.66. The van der Waals surface area contributed by atoms with Crippen molar-refractivity contribution in [3.05, 3.63) is 22.4 Å². The van der Waals surface area contributed by atoms with Crippen LogP contribution in [0, 0.1) is 5.92 Å². The smallest absolute Gasteiger partial charge is 0.150 e. The summed E-state index contributed by atoms with van der Waals surface area (Å²) in [5.74, 6) is 0.234. The number of rotatable bonds is 2. The monoisotopic (exact) mass is 232 g/mol. The van der Waals surface area contributed by atoms with Gasteiger partial charge < -0.3 is 5.11 Å². The lowest BCUT2D eigenvalue weighted by Gasteiger charge is -2.14. The van der Waals surface area contributed by atoms with E-state index in [1.54, 1.807) is 0 Å². The van der Waals surface area contributed by atoms with Crippen LogP contribution in [-0.2, 0) is 9.84 Å². The van der Waals surface area contributed by atoms with Crippen molar-refractivity contribution in [2.24, 2.45) is 5.92 Å². The van der Waals surface area contributed by atoms with Crippen molar-refractivity contribution >= 4 is 21.2 Å². The molecule has 2 heterocycles. The fourth-order valence-corrected chi connectivity index (χ4v) is 4.31. The zero-order valence-corrected chi connectivity index (χ0v) is 9.22. The number of aliphatic hydroxyl groups excluding tert-OH is 1. The summed E-state index contributed by atoms with van der Waals surface area (Å²) in [7, 11) is -2.89. The van der Waals surface area contributed by atoms with E-state index in [4.69, 9.17) is 0 Å². The Balaban J connectivity index is 2.11. The van der Waals surface area contributed by atoms with Crippen LogP contribution >= 0.6 is 11.3 Å². The first-order valence-corrected chi connectivity index (χ1v) is 7.25. The Labute approximate surface area is 87.3 Å². The van der Waals surface area contributed by atoms with Gasteiger partial charge >= 0.3 is 0 Å². The van der Waals surface area contributed by atoms with Gasteiger partial charge in [0.15, 0.2) is 9.84 Å². The molecule has 3 nitrogen and oxygen atoms in total. The molecule has 1 aliphatic heterocycles. The van der Waals surface area contributed by atoms with Gasteiger partial charge in [-0.15, -0.1) is 0 Å². The second kappa shape index (κ2) is 3.64. The molecule has 2 atom stereocenters. The number of hydrogen-bond acceptors (Lipinski definition) is 4. The summed E-state index contributed by atoms with van der Waals surface area (Å²) in [6.45, 7) is 0. The van der Waals surface area contributed by atoms with Crippen molar-refractivity contribution in [1.82, 2.24) is 0 Å². The van der Waals surface area contributed by atoms with Gasteiger partial charge in [0.25, 0.3) is 0 Å². The van der Waals surface area contributed by atoms with Gasteiger partial charge in [0.05, 0.1) is 17.6 Å². The van der Waals surface area contributed by atoms with Gasteiger partial charge in [0, 0.05) is 5.92 Å². The molecule has 0 saturated carbocycles. The molecule has 0 amide bonds. The van der Waals surface area contributed by atoms with Crippen LogP contribution in [0.4, 0.5) is 0 Å². The Kier molecular flexibility index (Phi) is 2.64. The van der Waals surface area contributed by atoms with Gasteiger partial charge in [-0.2, -0.15) is 11.3 Å². The van der Waals surface area contributed by atoms with Crippen LogP contribution in [-0.4, -0.2) is 25.0 Å². The highest BCUT2D eigenvalue weighted by Crippen LogP contribution is 2.31. The van der Waals surface area contributed by atoms with Crippen molar-refractivity contribution < 1.29 is 13.5 Å². The Hall–Kier alpha value is -0.390. The highest BCUT2D eigenvalue weighted by atomic mass is 32.2. The lowest BCUT2D eigenvalue weighted by Crippen LogP contribution is -2.13. The summed E-state index contributed by atoms with van der Waals surface area (Å²) in [6.07, 6.45) is -0.0298. The third-order valence-corrected chi connectivity index (χ3v) is 5.09. The summed E-state index contributed by atoms with van der Waals surface area (Å²) in [4.78, 5) is 0. The first kappa shape index (κ1) is 10.1. The first-order chi connectivity index (χ1) is 6.58. The van der Waals surface area contributed by atoms with Gasteiger partial charge in [-0.25, -0.2) is 8.42 Å². The molecule has 1 fully saturated rings. The maximum absolute atomic E-state index is 11.2. The fourth-order valence-electron chi connectivity index (χ4n) is 1.79. The van der Waals surface area contributed by atoms with E-state index in [2.05, 4.69) is 0 Å². The molecule has 0 aliphatic carbocycles. The third kappa shape index (κ3) is 1.99. The van der Waals surface area contributed by atoms with E-state index >= 15 is 0 Å². The van der Waals surface area contributed by atoms with Gasteiger partial charge in [-0.1, -0.05) is 0 Å². The molecule has 2 rings (SSSR count). The van der Waals surface area contributed by atoms with Crippen LogP contribution in [0.1, 0.15) is 18.1 Å². The highest BCUT2D eigenvalue weighted by Gasteiger charge is 2.33. The summed E-state index contributed by atoms with van der Waals surface area (Å²) in [5, 5.41) is 13.6. The molecule has 1 aromatic heterocycles. The first-order valence-electron chi connectivity index (χ1n) is 4.49. The standard InChI is InChI=1S/C9H12O3S2/c10-9(7-1-3-13-5-7)8-2-4-14(11,12)6-8/h1,3,5,8-10H,2,4,6H2. The lowest BCUT2D eigenvalue weighted by atomic mass is 9.97. The minimum atomic E-state index is -2.89. The molecule has 1 aliphatic rings. The van der Waals surface area contributed by atoms with E-state index in [0.717, 1.165) is 5.56 Å². The van der Waals surface area contributed by atoms with Crippen molar-refractivity contribution in [3.63, 3.8) is 0 Å². The van der Waals surface area contributed by atoms with Gasteiger partial charge in [-0.05, 0) is 28.8 Å². The van der Waals surface area contributed by atoms with Crippen LogP contribution < -0.4 is 0 Å². The van der Waals surface area contributed by atoms with Crippen molar-refractivity contribution in [1.29, 1.82) is 0 Å². The SMILES string of the molecule is O=S1(=O)CCC(C(O)c2ccsc2)C1. The molecule has 0 spiro atoms. The van der Waals surface area contributed by atoms with Crippen LogP contribution in [0.15, 0.2) is 16.8 Å². The molecule has 1 N–H and O–H groups in total. The van der Waals surface area contributed by atoms with E-state index in [1.165, 1.54) is 11.3 Å². The number of thiophene rings is 1. The molecule has 78 valence electrons. The Morgan fingerprint density at radius 2 is 2.36 bits per heavy atom. The predicted octanol–water partition coefficient (Wildman–Crippen LogP) is 1.22. The molecule has 0 aromatic carbocycles. The molecule has 1 aromatic rings. The maximum Gasteiger partial charge on any atom is 0.150 e. The van der Waals surface area contributed by atoms with E-state index in [0.29, 0.717) is 6.42 Å². The average molecular weight is 232 g/mol. The van der Waals surface area contributed by atoms with E-state index in [1.807, 2.05) is 16.8 Å². The molecular formula is C9H12O3S2. The Morgan fingerprint density at radius 1 is 1.57 bits per heavy atom. The van der Waals surface area contributed by atoms with Crippen LogP contribution in [0.2, 0.25) is 0 Å². The fraction of sp³-hybridized carbons (Fsp3) is 0.556. The molecule has 0 bridgehead atoms. The van der Waals surface area contributed by atoms with Crippen molar-refractivity contribution in [2.75, 3.05) is 11.5 Å². The normalized spacial score (nSPS) is 27.6.